The minimum Gasteiger partial charge on any atom is -0.324 e. The van der Waals surface area contributed by atoms with Crippen LogP contribution in [0.2, 0.25) is 0 Å². The van der Waals surface area contributed by atoms with Crippen LogP contribution in [0.1, 0.15) is 5.82 Å². The predicted molar refractivity (Wildman–Crippen MR) is 45.2 cm³/mol. The zero-order valence-corrected chi connectivity index (χ0v) is 6.44. The minimum atomic E-state index is 0.354. The largest absolute Gasteiger partial charge is 0.324 e. The van der Waals surface area contributed by atoms with Crippen LogP contribution in [0.5, 0.6) is 0 Å². The van der Waals surface area contributed by atoms with Crippen LogP contribution in [-0.2, 0) is 6.54 Å². The highest BCUT2D eigenvalue weighted by Crippen LogP contribution is 2.05. The van der Waals surface area contributed by atoms with Crippen molar-refractivity contribution < 1.29 is 0 Å². The Morgan fingerprint density at radius 2 is 2.25 bits per heavy atom. The molecule has 12 heavy (non-hydrogen) atoms. The Bertz CT molecular complexity index is 399. The molecule has 0 aliphatic rings. The first-order valence-corrected chi connectivity index (χ1v) is 3.67. The van der Waals surface area contributed by atoms with Crippen molar-refractivity contribution in [3.63, 3.8) is 0 Å². The van der Waals surface area contributed by atoms with Gasteiger partial charge in [0.15, 0.2) is 5.65 Å². The van der Waals surface area contributed by atoms with Crippen molar-refractivity contribution in [3.05, 3.63) is 30.4 Å². The zero-order valence-electron chi connectivity index (χ0n) is 6.44. The molecular formula is C8H8N4. The molecule has 0 fully saturated rings. The number of hydrogen-bond acceptors (Lipinski definition) is 4. The summed E-state index contributed by atoms with van der Waals surface area (Å²) >= 11 is 0. The minimum absolute atomic E-state index is 0.354. The normalized spacial score (nSPS) is 10.4. The Morgan fingerprint density at radius 3 is 3.08 bits per heavy atom. The third-order valence-electron chi connectivity index (χ3n) is 1.59. The molecule has 0 aliphatic carbocycles. The van der Waals surface area contributed by atoms with E-state index in [-0.39, 0.29) is 0 Å². The summed E-state index contributed by atoms with van der Waals surface area (Å²) in [6, 6.07) is 3.77. The Hall–Kier alpha value is -1.55. The predicted octanol–water partition coefficient (Wildman–Crippen LogP) is 0.483. The molecule has 0 aromatic carbocycles. The molecule has 0 atom stereocenters. The summed E-state index contributed by atoms with van der Waals surface area (Å²) in [7, 11) is 0. The molecule has 0 bridgehead atoms. The van der Waals surface area contributed by atoms with E-state index in [4.69, 9.17) is 5.73 Å². The van der Waals surface area contributed by atoms with Crippen molar-refractivity contribution in [2.45, 2.75) is 6.54 Å². The molecule has 0 aliphatic heterocycles. The van der Waals surface area contributed by atoms with Gasteiger partial charge in [0.2, 0.25) is 0 Å². The third kappa shape index (κ3) is 1.12. The molecular weight excluding hydrogens is 152 g/mol. The smallest absolute Gasteiger partial charge is 0.162 e. The molecule has 0 radical (unpaired) electrons. The highest BCUT2D eigenvalue weighted by atomic mass is 14.9. The summed E-state index contributed by atoms with van der Waals surface area (Å²) in [6.07, 6.45) is 3.44. The molecule has 60 valence electrons. The van der Waals surface area contributed by atoms with E-state index in [0.29, 0.717) is 18.0 Å². The van der Waals surface area contributed by atoms with Gasteiger partial charge in [0.05, 0.1) is 6.54 Å². The lowest BCUT2D eigenvalue weighted by Crippen LogP contribution is -2.02. The summed E-state index contributed by atoms with van der Waals surface area (Å²) in [5.41, 5.74) is 6.09. The van der Waals surface area contributed by atoms with Crippen LogP contribution in [-0.4, -0.2) is 15.0 Å². The van der Waals surface area contributed by atoms with E-state index in [9.17, 15) is 0 Å². The van der Waals surface area contributed by atoms with E-state index in [2.05, 4.69) is 15.0 Å². The summed E-state index contributed by atoms with van der Waals surface area (Å²) < 4.78 is 0. The maximum absolute atomic E-state index is 5.39. The van der Waals surface area contributed by atoms with E-state index < -0.39 is 0 Å². The van der Waals surface area contributed by atoms with Gasteiger partial charge in [-0.3, -0.25) is 0 Å². The second-order valence-electron chi connectivity index (χ2n) is 2.41. The number of pyridine rings is 1. The van der Waals surface area contributed by atoms with E-state index in [1.165, 1.54) is 0 Å². The monoisotopic (exact) mass is 160 g/mol. The Morgan fingerprint density at radius 1 is 1.33 bits per heavy atom. The van der Waals surface area contributed by atoms with Gasteiger partial charge in [0.25, 0.3) is 0 Å². The highest BCUT2D eigenvalue weighted by molar-refractivity contribution is 5.72. The third-order valence-corrected chi connectivity index (χ3v) is 1.59. The zero-order chi connectivity index (χ0) is 8.39. The standard InChI is InChI=1S/C8H8N4/c9-4-7-11-5-6-2-1-3-10-8(6)12-7/h1-3,5H,4,9H2. The second kappa shape index (κ2) is 2.83. The molecule has 0 saturated carbocycles. The van der Waals surface area contributed by atoms with Gasteiger partial charge in [0.1, 0.15) is 5.82 Å². The van der Waals surface area contributed by atoms with Crippen LogP contribution in [0, 0.1) is 0 Å². The number of fused-ring (bicyclic) bond motifs is 1. The van der Waals surface area contributed by atoms with Crippen molar-refractivity contribution in [3.8, 4) is 0 Å². The first-order valence-electron chi connectivity index (χ1n) is 3.67. The molecule has 4 nitrogen and oxygen atoms in total. The van der Waals surface area contributed by atoms with Crippen LogP contribution < -0.4 is 5.73 Å². The van der Waals surface area contributed by atoms with Gasteiger partial charge in [-0.2, -0.15) is 0 Å². The van der Waals surface area contributed by atoms with E-state index in [1.54, 1.807) is 12.4 Å². The molecule has 0 spiro atoms. The average Bonchev–Trinajstić information content (AvgIpc) is 2.17. The average molecular weight is 160 g/mol. The fourth-order valence-electron chi connectivity index (χ4n) is 0.997. The van der Waals surface area contributed by atoms with Crippen LogP contribution in [0.25, 0.3) is 11.0 Å². The van der Waals surface area contributed by atoms with Crippen molar-refractivity contribution in [1.82, 2.24) is 15.0 Å². The highest BCUT2D eigenvalue weighted by Gasteiger charge is 1.96. The lowest BCUT2D eigenvalue weighted by molar-refractivity contribution is 0.920. The summed E-state index contributed by atoms with van der Waals surface area (Å²) in [5, 5.41) is 0.940. The molecule has 2 heterocycles. The second-order valence-corrected chi connectivity index (χ2v) is 2.41. The van der Waals surface area contributed by atoms with Gasteiger partial charge >= 0.3 is 0 Å². The van der Waals surface area contributed by atoms with Gasteiger partial charge < -0.3 is 5.73 Å². The SMILES string of the molecule is NCc1ncc2cccnc2n1. The maximum atomic E-state index is 5.39. The number of rotatable bonds is 1. The molecule has 0 amide bonds. The first-order chi connectivity index (χ1) is 5.90. The van der Waals surface area contributed by atoms with Gasteiger partial charge in [-0.05, 0) is 12.1 Å². The summed E-state index contributed by atoms with van der Waals surface area (Å²) in [5.74, 6) is 0.626. The topological polar surface area (TPSA) is 64.7 Å². The summed E-state index contributed by atoms with van der Waals surface area (Å²) in [4.78, 5) is 12.3. The van der Waals surface area contributed by atoms with E-state index in [1.807, 2.05) is 12.1 Å². The van der Waals surface area contributed by atoms with Crippen molar-refractivity contribution >= 4 is 11.0 Å². The molecule has 0 saturated heterocycles. The van der Waals surface area contributed by atoms with Crippen molar-refractivity contribution in [2.75, 3.05) is 0 Å². The molecule has 2 N–H and O–H groups in total. The molecule has 2 aromatic heterocycles. The molecule has 2 aromatic rings. The van der Waals surface area contributed by atoms with Crippen LogP contribution in [0.15, 0.2) is 24.5 Å². The Kier molecular flexibility index (Phi) is 1.68. The van der Waals surface area contributed by atoms with Crippen LogP contribution >= 0.6 is 0 Å². The van der Waals surface area contributed by atoms with Gasteiger partial charge in [-0.1, -0.05) is 0 Å². The number of nitrogens with zero attached hydrogens (tertiary/aromatic N) is 3. The number of hydrogen-bond donors (Lipinski definition) is 1. The van der Waals surface area contributed by atoms with Crippen LogP contribution in [0.3, 0.4) is 0 Å². The van der Waals surface area contributed by atoms with Crippen LogP contribution in [0.4, 0.5) is 0 Å². The quantitative estimate of drug-likeness (QED) is 0.659. The van der Waals surface area contributed by atoms with E-state index in [0.717, 1.165) is 5.39 Å². The molecule has 2 rings (SSSR count). The lowest BCUT2D eigenvalue weighted by Gasteiger charge is -1.96. The van der Waals surface area contributed by atoms with Crippen molar-refractivity contribution in [2.24, 2.45) is 5.73 Å². The van der Waals surface area contributed by atoms with Crippen molar-refractivity contribution in [1.29, 1.82) is 0 Å². The molecule has 4 heteroatoms. The fraction of sp³-hybridized carbons (Fsp3) is 0.125. The molecule has 0 unspecified atom stereocenters. The van der Waals surface area contributed by atoms with Gasteiger partial charge in [0, 0.05) is 17.8 Å². The first kappa shape index (κ1) is 7.12. The number of nitrogens with two attached hydrogens (primary N) is 1. The Balaban J connectivity index is 2.67. The Labute approximate surface area is 69.5 Å². The summed E-state index contributed by atoms with van der Waals surface area (Å²) in [6.45, 7) is 0.354. The lowest BCUT2D eigenvalue weighted by atomic mass is 10.3. The van der Waals surface area contributed by atoms with E-state index >= 15 is 0 Å². The fourth-order valence-corrected chi connectivity index (χ4v) is 0.997. The van der Waals surface area contributed by atoms with Gasteiger partial charge in [-0.15, -0.1) is 0 Å². The maximum Gasteiger partial charge on any atom is 0.162 e. The van der Waals surface area contributed by atoms with Gasteiger partial charge in [-0.25, -0.2) is 15.0 Å². The number of aromatic nitrogens is 3.